The Morgan fingerprint density at radius 3 is 2.44 bits per heavy atom. The molecule has 0 spiro atoms. The number of nitrogens with two attached hydrogens (primary N) is 1. The summed E-state index contributed by atoms with van der Waals surface area (Å²) in [6.45, 7) is 0. The van der Waals surface area contributed by atoms with Crippen molar-refractivity contribution in [2.45, 2.75) is 0 Å². The molecule has 6 heteroatoms. The number of pyridine rings is 1. The third kappa shape index (κ3) is 2.17. The molecule has 1 aromatic heterocycles. The van der Waals surface area contributed by atoms with Gasteiger partial charge in [0.25, 0.3) is 5.69 Å². The average Bonchev–Trinajstić information content (AvgIpc) is 2.38. The maximum atomic E-state index is 12.1. The SMILES string of the molecule is Nc1ccc([N+](=O)[O-])c(C(=O)c2ccccc2)n1. The number of ketones is 1. The van der Waals surface area contributed by atoms with Gasteiger partial charge in [0, 0.05) is 11.6 Å². The molecule has 2 rings (SSSR count). The summed E-state index contributed by atoms with van der Waals surface area (Å²) in [5.41, 5.74) is 5.20. The summed E-state index contributed by atoms with van der Waals surface area (Å²) in [4.78, 5) is 26.0. The number of rotatable bonds is 3. The molecule has 0 aliphatic carbocycles. The molecule has 0 saturated heterocycles. The lowest BCUT2D eigenvalue weighted by Gasteiger charge is -2.02. The van der Waals surface area contributed by atoms with E-state index in [1.807, 2.05) is 0 Å². The van der Waals surface area contributed by atoms with Gasteiger partial charge in [0.2, 0.25) is 5.78 Å². The smallest absolute Gasteiger partial charge is 0.299 e. The number of benzene rings is 1. The minimum absolute atomic E-state index is 0.0693. The Labute approximate surface area is 102 Å². The highest BCUT2D eigenvalue weighted by molar-refractivity contribution is 6.10. The number of carbonyl (C=O) groups is 1. The zero-order valence-corrected chi connectivity index (χ0v) is 9.24. The van der Waals surface area contributed by atoms with E-state index in [9.17, 15) is 14.9 Å². The summed E-state index contributed by atoms with van der Waals surface area (Å²) >= 11 is 0. The van der Waals surface area contributed by atoms with Crippen LogP contribution in [0.25, 0.3) is 0 Å². The van der Waals surface area contributed by atoms with Gasteiger partial charge in [-0.2, -0.15) is 0 Å². The summed E-state index contributed by atoms with van der Waals surface area (Å²) in [7, 11) is 0. The summed E-state index contributed by atoms with van der Waals surface area (Å²) in [6.07, 6.45) is 0. The number of hydrogen-bond donors (Lipinski definition) is 1. The Bertz CT molecular complexity index is 611. The molecule has 90 valence electrons. The number of nitro groups is 1. The first-order valence-corrected chi connectivity index (χ1v) is 5.10. The zero-order chi connectivity index (χ0) is 13.1. The molecule has 0 aliphatic rings. The van der Waals surface area contributed by atoms with E-state index in [-0.39, 0.29) is 17.2 Å². The third-order valence-corrected chi connectivity index (χ3v) is 2.34. The van der Waals surface area contributed by atoms with Crippen molar-refractivity contribution in [3.63, 3.8) is 0 Å². The lowest BCUT2D eigenvalue weighted by atomic mass is 10.1. The first-order chi connectivity index (χ1) is 8.59. The Kier molecular flexibility index (Phi) is 3.01. The molecule has 0 radical (unpaired) electrons. The predicted octanol–water partition coefficient (Wildman–Crippen LogP) is 1.80. The minimum atomic E-state index is -0.650. The van der Waals surface area contributed by atoms with Crippen LogP contribution in [0.3, 0.4) is 0 Å². The van der Waals surface area contributed by atoms with Crippen LogP contribution in [0, 0.1) is 10.1 Å². The first kappa shape index (κ1) is 11.7. The average molecular weight is 243 g/mol. The fourth-order valence-electron chi connectivity index (χ4n) is 1.51. The van der Waals surface area contributed by atoms with E-state index in [1.54, 1.807) is 30.3 Å². The maximum Gasteiger partial charge on any atom is 0.299 e. The molecular formula is C12H9N3O3. The van der Waals surface area contributed by atoms with Crippen LogP contribution in [0.4, 0.5) is 11.5 Å². The molecule has 6 nitrogen and oxygen atoms in total. The number of nitrogens with zero attached hydrogens (tertiary/aromatic N) is 2. The van der Waals surface area contributed by atoms with Gasteiger partial charge in [0.15, 0.2) is 5.69 Å². The van der Waals surface area contributed by atoms with Crippen LogP contribution >= 0.6 is 0 Å². The monoisotopic (exact) mass is 243 g/mol. The molecule has 2 N–H and O–H groups in total. The van der Waals surface area contributed by atoms with E-state index >= 15 is 0 Å². The second-order valence-electron chi connectivity index (χ2n) is 3.56. The van der Waals surface area contributed by atoms with Crippen molar-refractivity contribution >= 4 is 17.3 Å². The maximum absolute atomic E-state index is 12.1. The molecule has 0 unspecified atom stereocenters. The van der Waals surface area contributed by atoms with Crippen LogP contribution in [0.15, 0.2) is 42.5 Å². The van der Waals surface area contributed by atoms with Gasteiger partial charge >= 0.3 is 0 Å². The van der Waals surface area contributed by atoms with Crippen LogP contribution in [0.2, 0.25) is 0 Å². The third-order valence-electron chi connectivity index (χ3n) is 2.34. The number of aromatic nitrogens is 1. The number of nitrogen functional groups attached to an aromatic ring is 1. The van der Waals surface area contributed by atoms with Crippen molar-refractivity contribution in [2.24, 2.45) is 0 Å². The standard InChI is InChI=1S/C12H9N3O3/c13-10-7-6-9(15(17)18)11(14-10)12(16)8-4-2-1-3-5-8/h1-7H,(H2,13,14). The second kappa shape index (κ2) is 4.62. The topological polar surface area (TPSA) is 99.1 Å². The molecule has 0 saturated carbocycles. The van der Waals surface area contributed by atoms with E-state index in [1.165, 1.54) is 12.1 Å². The van der Waals surface area contributed by atoms with E-state index < -0.39 is 10.7 Å². The van der Waals surface area contributed by atoms with E-state index in [0.29, 0.717) is 5.56 Å². The number of anilines is 1. The van der Waals surface area contributed by atoms with Gasteiger partial charge < -0.3 is 5.73 Å². The highest BCUT2D eigenvalue weighted by Gasteiger charge is 2.23. The predicted molar refractivity (Wildman–Crippen MR) is 65.2 cm³/mol. The van der Waals surface area contributed by atoms with Gasteiger partial charge in [-0.15, -0.1) is 0 Å². The van der Waals surface area contributed by atoms with Crippen LogP contribution in [-0.2, 0) is 0 Å². The minimum Gasteiger partial charge on any atom is -0.384 e. The van der Waals surface area contributed by atoms with Crippen LogP contribution in [-0.4, -0.2) is 15.7 Å². The second-order valence-corrected chi connectivity index (χ2v) is 3.56. The lowest BCUT2D eigenvalue weighted by molar-refractivity contribution is -0.385. The van der Waals surface area contributed by atoms with Crippen molar-refractivity contribution < 1.29 is 9.72 Å². The first-order valence-electron chi connectivity index (χ1n) is 5.10. The van der Waals surface area contributed by atoms with Gasteiger partial charge in [-0.3, -0.25) is 14.9 Å². The largest absolute Gasteiger partial charge is 0.384 e. The molecule has 2 aromatic rings. The van der Waals surface area contributed by atoms with Gasteiger partial charge in [0.1, 0.15) is 5.82 Å². The quantitative estimate of drug-likeness (QED) is 0.503. The Balaban J connectivity index is 2.54. The van der Waals surface area contributed by atoms with Gasteiger partial charge in [-0.25, -0.2) is 4.98 Å². The van der Waals surface area contributed by atoms with Crippen molar-refractivity contribution in [3.8, 4) is 0 Å². The number of hydrogen-bond acceptors (Lipinski definition) is 5. The molecular weight excluding hydrogens is 234 g/mol. The summed E-state index contributed by atoms with van der Waals surface area (Å²) < 4.78 is 0. The molecule has 18 heavy (non-hydrogen) atoms. The highest BCUT2D eigenvalue weighted by Crippen LogP contribution is 2.20. The molecule has 0 atom stereocenters. The van der Waals surface area contributed by atoms with Crippen molar-refractivity contribution in [3.05, 3.63) is 63.8 Å². The molecule has 0 aliphatic heterocycles. The Morgan fingerprint density at radius 1 is 1.17 bits per heavy atom. The summed E-state index contributed by atoms with van der Waals surface area (Å²) in [6, 6.07) is 10.7. The lowest BCUT2D eigenvalue weighted by Crippen LogP contribution is -2.09. The Hall–Kier alpha value is -2.76. The van der Waals surface area contributed by atoms with Crippen molar-refractivity contribution in [1.29, 1.82) is 0 Å². The van der Waals surface area contributed by atoms with Crippen molar-refractivity contribution in [1.82, 2.24) is 4.98 Å². The van der Waals surface area contributed by atoms with E-state index in [4.69, 9.17) is 5.73 Å². The normalized spacial score (nSPS) is 10.0. The highest BCUT2D eigenvalue weighted by atomic mass is 16.6. The fourth-order valence-corrected chi connectivity index (χ4v) is 1.51. The van der Waals surface area contributed by atoms with Crippen LogP contribution < -0.4 is 5.73 Å². The van der Waals surface area contributed by atoms with Crippen molar-refractivity contribution in [2.75, 3.05) is 5.73 Å². The molecule has 0 bridgehead atoms. The van der Waals surface area contributed by atoms with E-state index in [2.05, 4.69) is 4.98 Å². The van der Waals surface area contributed by atoms with Crippen LogP contribution in [0.1, 0.15) is 16.1 Å². The zero-order valence-electron chi connectivity index (χ0n) is 9.24. The van der Waals surface area contributed by atoms with E-state index in [0.717, 1.165) is 0 Å². The van der Waals surface area contributed by atoms with Gasteiger partial charge in [-0.1, -0.05) is 30.3 Å². The fraction of sp³-hybridized carbons (Fsp3) is 0. The number of carbonyl (C=O) groups excluding carboxylic acids is 1. The summed E-state index contributed by atoms with van der Waals surface area (Å²) in [5, 5.41) is 10.8. The van der Waals surface area contributed by atoms with Crippen LogP contribution in [0.5, 0.6) is 0 Å². The molecule has 0 amide bonds. The molecule has 0 fully saturated rings. The summed E-state index contributed by atoms with van der Waals surface area (Å²) in [5.74, 6) is -0.450. The van der Waals surface area contributed by atoms with Gasteiger partial charge in [-0.05, 0) is 6.07 Å². The van der Waals surface area contributed by atoms with Gasteiger partial charge in [0.05, 0.1) is 4.92 Å². The Morgan fingerprint density at radius 2 is 1.83 bits per heavy atom. The molecule has 1 aromatic carbocycles. The molecule has 1 heterocycles.